The normalized spacial score (nSPS) is 15.1. The number of hydrogen-bond acceptors (Lipinski definition) is 5. The van der Waals surface area contributed by atoms with E-state index in [1.54, 1.807) is 26.0 Å². The number of rotatable bonds is 9. The van der Waals surface area contributed by atoms with Crippen molar-refractivity contribution in [1.82, 2.24) is 4.90 Å². The van der Waals surface area contributed by atoms with Crippen LogP contribution in [0.25, 0.3) is 6.08 Å². The lowest BCUT2D eigenvalue weighted by Crippen LogP contribution is -2.39. The summed E-state index contributed by atoms with van der Waals surface area (Å²) in [5.41, 5.74) is 3.09. The third kappa shape index (κ3) is 6.01. The van der Waals surface area contributed by atoms with E-state index < -0.39 is 0 Å². The van der Waals surface area contributed by atoms with Crippen LogP contribution < -0.4 is 9.47 Å². The fourth-order valence-electron chi connectivity index (χ4n) is 3.83. The third-order valence-electron chi connectivity index (χ3n) is 5.70. The van der Waals surface area contributed by atoms with Crippen LogP contribution in [0.1, 0.15) is 22.8 Å². The van der Waals surface area contributed by atoms with Crippen molar-refractivity contribution < 1.29 is 19.0 Å². The quantitative estimate of drug-likeness (QED) is 0.387. The first-order valence-electron chi connectivity index (χ1n) is 11.3. The number of amides is 1. The maximum absolute atomic E-state index is 13.0. The van der Waals surface area contributed by atoms with Crippen LogP contribution in [-0.4, -0.2) is 50.5 Å². The predicted octanol–water partition coefficient (Wildman–Crippen LogP) is 5.43. The van der Waals surface area contributed by atoms with E-state index in [1.807, 2.05) is 89.8 Å². The average molecular weight is 476 g/mol. The smallest absolute Gasteiger partial charge is 0.260 e. The minimum atomic E-state index is -0.259. The molecule has 0 saturated carbocycles. The van der Waals surface area contributed by atoms with Crippen molar-refractivity contribution in [2.45, 2.75) is 6.10 Å². The molecule has 0 spiro atoms. The Hall–Kier alpha value is -3.22. The molecule has 1 aliphatic heterocycles. The molecule has 1 heterocycles. The molecule has 0 unspecified atom stereocenters. The summed E-state index contributed by atoms with van der Waals surface area (Å²) in [7, 11) is 3.31. The molecule has 3 aromatic carbocycles. The second kappa shape index (κ2) is 11.8. The van der Waals surface area contributed by atoms with E-state index in [9.17, 15) is 4.79 Å². The van der Waals surface area contributed by atoms with E-state index in [-0.39, 0.29) is 12.0 Å². The summed E-state index contributed by atoms with van der Waals surface area (Å²) >= 11 is 1.62. The monoisotopic (exact) mass is 475 g/mol. The third-order valence-corrected chi connectivity index (χ3v) is 6.69. The molecule has 0 radical (unpaired) electrons. The average Bonchev–Trinajstić information content (AvgIpc) is 2.89. The van der Waals surface area contributed by atoms with Crippen LogP contribution in [-0.2, 0) is 9.53 Å². The fourth-order valence-corrected chi connectivity index (χ4v) is 4.83. The van der Waals surface area contributed by atoms with Gasteiger partial charge < -0.3 is 19.1 Å². The highest BCUT2D eigenvalue weighted by Gasteiger charge is 2.24. The van der Waals surface area contributed by atoms with Gasteiger partial charge in [0.1, 0.15) is 17.6 Å². The molecule has 0 atom stereocenters. The number of carbonyl (C=O) groups excluding carboxylic acids is 1. The Morgan fingerprint density at radius 2 is 1.47 bits per heavy atom. The zero-order valence-corrected chi connectivity index (χ0v) is 20.3. The molecule has 3 aromatic rings. The lowest BCUT2D eigenvalue weighted by Gasteiger charge is -2.29. The van der Waals surface area contributed by atoms with Gasteiger partial charge >= 0.3 is 0 Å². The van der Waals surface area contributed by atoms with Crippen molar-refractivity contribution in [1.29, 1.82) is 0 Å². The molecular weight excluding hydrogens is 446 g/mol. The zero-order valence-electron chi connectivity index (χ0n) is 19.5. The second-order valence-electron chi connectivity index (χ2n) is 7.86. The van der Waals surface area contributed by atoms with Crippen LogP contribution in [0.2, 0.25) is 0 Å². The molecule has 6 heteroatoms. The molecule has 0 N–H and O–H groups in total. The van der Waals surface area contributed by atoms with Gasteiger partial charge in [-0.25, -0.2) is 0 Å². The van der Waals surface area contributed by atoms with Gasteiger partial charge in [-0.05, 0) is 47.0 Å². The van der Waals surface area contributed by atoms with Gasteiger partial charge in [0, 0.05) is 18.8 Å². The van der Waals surface area contributed by atoms with E-state index in [0.717, 1.165) is 38.8 Å². The van der Waals surface area contributed by atoms with Gasteiger partial charge in [-0.1, -0.05) is 54.6 Å². The summed E-state index contributed by atoms with van der Waals surface area (Å²) in [6.45, 7) is 1.68. The highest BCUT2D eigenvalue weighted by molar-refractivity contribution is 8.04. The van der Waals surface area contributed by atoms with Gasteiger partial charge in [0.25, 0.3) is 5.91 Å². The summed E-state index contributed by atoms with van der Waals surface area (Å²) in [5, 5.41) is 0. The van der Waals surface area contributed by atoms with Gasteiger partial charge in [0.05, 0.1) is 25.7 Å². The Balaban J connectivity index is 1.45. The molecule has 0 bridgehead atoms. The van der Waals surface area contributed by atoms with Crippen molar-refractivity contribution in [2.75, 3.05) is 39.7 Å². The number of thioether (sulfide) groups is 1. The molecular formula is C28H29NO4S. The van der Waals surface area contributed by atoms with E-state index in [2.05, 4.69) is 0 Å². The van der Waals surface area contributed by atoms with Crippen molar-refractivity contribution >= 4 is 23.7 Å². The van der Waals surface area contributed by atoms with Gasteiger partial charge in [-0.3, -0.25) is 4.79 Å². The van der Waals surface area contributed by atoms with Crippen LogP contribution in [0, 0.1) is 0 Å². The topological polar surface area (TPSA) is 48.0 Å². The van der Waals surface area contributed by atoms with Gasteiger partial charge in [0.15, 0.2) is 0 Å². The summed E-state index contributed by atoms with van der Waals surface area (Å²) in [6.07, 6.45) is 1.71. The second-order valence-corrected chi connectivity index (χ2v) is 8.99. The van der Waals surface area contributed by atoms with E-state index >= 15 is 0 Å². The number of ether oxygens (including phenoxy) is 3. The molecule has 1 saturated heterocycles. The minimum absolute atomic E-state index is 0.0640. The molecule has 1 aliphatic rings. The van der Waals surface area contributed by atoms with Crippen LogP contribution >= 0.6 is 11.8 Å². The van der Waals surface area contributed by atoms with Crippen molar-refractivity contribution in [3.05, 3.63) is 100 Å². The number of hydrogen-bond donors (Lipinski definition) is 0. The summed E-state index contributed by atoms with van der Waals surface area (Å²) in [6, 6.07) is 25.7. The lowest BCUT2D eigenvalue weighted by atomic mass is 10.0. The van der Waals surface area contributed by atoms with Crippen LogP contribution in [0.3, 0.4) is 0 Å². The standard InChI is InChI=1S/C28H29NO4S/c1-31-24-12-8-22(9-13-24)27(23-10-14-25(32-2)15-11-23)33-18-16-29-17-19-34-26(28(29)30)20-21-6-4-3-5-7-21/h3-15,20,27H,16-19H2,1-2H3. The fraction of sp³-hybridized carbons (Fsp3) is 0.250. The molecule has 0 aliphatic carbocycles. The molecule has 34 heavy (non-hydrogen) atoms. The largest absolute Gasteiger partial charge is 0.497 e. The Morgan fingerprint density at radius 1 is 0.882 bits per heavy atom. The maximum atomic E-state index is 13.0. The molecule has 1 fully saturated rings. The SMILES string of the molecule is COc1ccc(C(OCCN2CCSC(=Cc3ccccc3)C2=O)c2ccc(OC)cc2)cc1. The summed E-state index contributed by atoms with van der Waals surface area (Å²) < 4.78 is 17.0. The molecule has 0 aromatic heterocycles. The van der Waals surface area contributed by atoms with E-state index in [1.165, 1.54) is 0 Å². The van der Waals surface area contributed by atoms with Crippen LogP contribution in [0.5, 0.6) is 11.5 Å². The van der Waals surface area contributed by atoms with Crippen molar-refractivity contribution in [2.24, 2.45) is 0 Å². The van der Waals surface area contributed by atoms with E-state index in [0.29, 0.717) is 19.7 Å². The summed E-state index contributed by atoms with van der Waals surface area (Å²) in [5.74, 6) is 2.54. The lowest BCUT2D eigenvalue weighted by molar-refractivity contribution is -0.127. The molecule has 4 rings (SSSR count). The van der Waals surface area contributed by atoms with Gasteiger partial charge in [-0.15, -0.1) is 11.8 Å². The Kier molecular flexibility index (Phi) is 8.28. The van der Waals surface area contributed by atoms with Crippen molar-refractivity contribution in [3.8, 4) is 11.5 Å². The zero-order chi connectivity index (χ0) is 23.8. The van der Waals surface area contributed by atoms with Crippen LogP contribution in [0.4, 0.5) is 0 Å². The predicted molar refractivity (Wildman–Crippen MR) is 137 cm³/mol. The van der Waals surface area contributed by atoms with Gasteiger partial charge in [0.2, 0.25) is 0 Å². The molecule has 176 valence electrons. The highest BCUT2D eigenvalue weighted by Crippen LogP contribution is 2.30. The molecule has 1 amide bonds. The highest BCUT2D eigenvalue weighted by atomic mass is 32.2. The number of nitrogens with zero attached hydrogens (tertiary/aromatic N) is 1. The number of benzene rings is 3. The maximum Gasteiger partial charge on any atom is 0.260 e. The number of carbonyl (C=O) groups is 1. The number of methoxy groups -OCH3 is 2. The molecule has 5 nitrogen and oxygen atoms in total. The Morgan fingerprint density at radius 3 is 2.03 bits per heavy atom. The first kappa shape index (κ1) is 23.9. The first-order chi connectivity index (χ1) is 16.7. The van der Waals surface area contributed by atoms with E-state index in [4.69, 9.17) is 14.2 Å². The first-order valence-corrected chi connectivity index (χ1v) is 12.2. The Bertz CT molecular complexity index is 1050. The summed E-state index contributed by atoms with van der Waals surface area (Å²) in [4.78, 5) is 15.7. The minimum Gasteiger partial charge on any atom is -0.497 e. The Labute approximate surface area is 205 Å². The van der Waals surface area contributed by atoms with Gasteiger partial charge in [-0.2, -0.15) is 0 Å². The van der Waals surface area contributed by atoms with Crippen molar-refractivity contribution in [3.63, 3.8) is 0 Å². The van der Waals surface area contributed by atoms with Crippen LogP contribution in [0.15, 0.2) is 83.8 Å².